The van der Waals surface area contributed by atoms with Gasteiger partial charge in [-0.15, -0.1) is 0 Å². The Balaban J connectivity index is 1.87. The highest BCUT2D eigenvalue weighted by molar-refractivity contribution is 5.57. The molecule has 1 aliphatic rings. The van der Waals surface area contributed by atoms with Crippen molar-refractivity contribution in [2.75, 3.05) is 13.2 Å². The summed E-state index contributed by atoms with van der Waals surface area (Å²) in [5, 5.41) is 0. The highest BCUT2D eigenvalue weighted by Crippen LogP contribution is 2.30. The van der Waals surface area contributed by atoms with Gasteiger partial charge >= 0.3 is 0 Å². The largest absolute Gasteiger partial charge is 0.440 e. The molecule has 1 aliphatic heterocycles. The van der Waals surface area contributed by atoms with Gasteiger partial charge in [-0.25, -0.2) is 13.8 Å². The fourth-order valence-electron chi connectivity index (χ4n) is 2.23. The molecule has 5 heteroatoms. The van der Waals surface area contributed by atoms with Crippen LogP contribution in [0.15, 0.2) is 28.8 Å². The van der Waals surface area contributed by atoms with Gasteiger partial charge in [0.15, 0.2) is 11.7 Å². The van der Waals surface area contributed by atoms with Gasteiger partial charge in [0.2, 0.25) is 0 Å². The van der Waals surface area contributed by atoms with Crippen LogP contribution < -0.4 is 0 Å². The molecule has 0 saturated carbocycles. The zero-order valence-corrected chi connectivity index (χ0v) is 10.2. The summed E-state index contributed by atoms with van der Waals surface area (Å²) >= 11 is 0. The molecule has 1 aromatic heterocycles. The van der Waals surface area contributed by atoms with Crippen LogP contribution >= 0.6 is 0 Å². The van der Waals surface area contributed by atoms with Crippen molar-refractivity contribution in [2.45, 2.75) is 18.8 Å². The first-order valence-corrected chi connectivity index (χ1v) is 6.23. The van der Waals surface area contributed by atoms with E-state index in [1.807, 2.05) is 0 Å². The molecule has 0 aliphatic carbocycles. The zero-order valence-electron chi connectivity index (χ0n) is 10.2. The van der Waals surface area contributed by atoms with E-state index in [-0.39, 0.29) is 11.5 Å². The Bertz CT molecular complexity index is 577. The van der Waals surface area contributed by atoms with E-state index < -0.39 is 11.6 Å². The molecule has 2 heterocycles. The van der Waals surface area contributed by atoms with Crippen LogP contribution in [0.5, 0.6) is 0 Å². The van der Waals surface area contributed by atoms with Crippen LogP contribution in [-0.2, 0) is 4.74 Å². The van der Waals surface area contributed by atoms with Crippen LogP contribution in [-0.4, -0.2) is 18.2 Å². The summed E-state index contributed by atoms with van der Waals surface area (Å²) in [7, 11) is 0. The monoisotopic (exact) mass is 265 g/mol. The second-order valence-electron chi connectivity index (χ2n) is 4.57. The maximum Gasteiger partial charge on any atom is 0.198 e. The summed E-state index contributed by atoms with van der Waals surface area (Å²) in [6, 6.07) is 3.40. The maximum atomic E-state index is 13.6. The number of hydrogen-bond donors (Lipinski definition) is 0. The van der Waals surface area contributed by atoms with Gasteiger partial charge < -0.3 is 9.15 Å². The number of oxazole rings is 1. The van der Waals surface area contributed by atoms with Crippen molar-refractivity contribution >= 4 is 0 Å². The Morgan fingerprint density at radius 1 is 1.16 bits per heavy atom. The van der Waals surface area contributed by atoms with Crippen LogP contribution in [0.2, 0.25) is 0 Å². The van der Waals surface area contributed by atoms with Crippen molar-refractivity contribution in [3.05, 3.63) is 41.9 Å². The van der Waals surface area contributed by atoms with Crippen LogP contribution in [0.4, 0.5) is 8.78 Å². The lowest BCUT2D eigenvalue weighted by Gasteiger charge is -2.18. The molecule has 0 amide bonds. The van der Waals surface area contributed by atoms with E-state index in [1.165, 1.54) is 18.3 Å². The molecule has 0 bridgehead atoms. The second-order valence-corrected chi connectivity index (χ2v) is 4.57. The third kappa shape index (κ3) is 2.51. The highest BCUT2D eigenvalue weighted by Gasteiger charge is 2.21. The van der Waals surface area contributed by atoms with Crippen molar-refractivity contribution in [2.24, 2.45) is 0 Å². The Hall–Kier alpha value is -1.75. The SMILES string of the molecule is Fc1ccc(-c2cnc(C3CCOCC3)o2)c(F)c1. The predicted octanol–water partition coefficient (Wildman–Crippen LogP) is 3.51. The summed E-state index contributed by atoms with van der Waals surface area (Å²) in [6.07, 6.45) is 3.19. The first-order valence-electron chi connectivity index (χ1n) is 6.23. The summed E-state index contributed by atoms with van der Waals surface area (Å²) in [5.41, 5.74) is 0.229. The van der Waals surface area contributed by atoms with E-state index in [1.54, 1.807) is 0 Å². The minimum Gasteiger partial charge on any atom is -0.440 e. The van der Waals surface area contributed by atoms with E-state index >= 15 is 0 Å². The first kappa shape index (κ1) is 12.3. The fourth-order valence-corrected chi connectivity index (χ4v) is 2.23. The lowest BCUT2D eigenvalue weighted by atomic mass is 10.0. The van der Waals surface area contributed by atoms with Crippen molar-refractivity contribution in [1.29, 1.82) is 0 Å². The highest BCUT2D eigenvalue weighted by atomic mass is 19.1. The van der Waals surface area contributed by atoms with E-state index in [0.717, 1.165) is 18.9 Å². The number of aromatic nitrogens is 1. The minimum atomic E-state index is -0.644. The fraction of sp³-hybridized carbons (Fsp3) is 0.357. The summed E-state index contributed by atoms with van der Waals surface area (Å²) < 4.78 is 37.4. The van der Waals surface area contributed by atoms with Crippen molar-refractivity contribution in [3.8, 4) is 11.3 Å². The normalized spacial score (nSPS) is 16.7. The van der Waals surface area contributed by atoms with E-state index in [9.17, 15) is 8.78 Å². The van der Waals surface area contributed by atoms with Gasteiger partial charge in [0.25, 0.3) is 0 Å². The molecule has 3 rings (SSSR count). The molecule has 19 heavy (non-hydrogen) atoms. The molecule has 2 aromatic rings. The Labute approximate surface area is 109 Å². The molecule has 0 N–H and O–H groups in total. The molecule has 3 nitrogen and oxygen atoms in total. The standard InChI is InChI=1S/C14H13F2NO2/c15-10-1-2-11(12(16)7-10)13-8-17-14(19-13)9-3-5-18-6-4-9/h1-2,7-9H,3-6H2. The van der Waals surface area contributed by atoms with Crippen molar-refractivity contribution in [3.63, 3.8) is 0 Å². The number of halogens is 2. The van der Waals surface area contributed by atoms with Gasteiger partial charge in [-0.2, -0.15) is 0 Å². The van der Waals surface area contributed by atoms with Crippen LogP contribution in [0.25, 0.3) is 11.3 Å². The van der Waals surface area contributed by atoms with Crippen LogP contribution in [0.1, 0.15) is 24.7 Å². The molecular formula is C14H13F2NO2. The summed E-state index contributed by atoms with van der Waals surface area (Å²) in [6.45, 7) is 1.38. The Kier molecular flexibility index (Phi) is 3.29. The van der Waals surface area contributed by atoms with E-state index in [0.29, 0.717) is 24.9 Å². The van der Waals surface area contributed by atoms with Crippen molar-refractivity contribution in [1.82, 2.24) is 4.98 Å². The Morgan fingerprint density at radius 3 is 2.68 bits per heavy atom. The molecule has 0 atom stereocenters. The average molecular weight is 265 g/mol. The Morgan fingerprint density at radius 2 is 1.95 bits per heavy atom. The first-order chi connectivity index (χ1) is 9.24. The number of benzene rings is 1. The topological polar surface area (TPSA) is 35.3 Å². The van der Waals surface area contributed by atoms with E-state index in [2.05, 4.69) is 4.98 Å². The third-order valence-corrected chi connectivity index (χ3v) is 3.29. The predicted molar refractivity (Wildman–Crippen MR) is 64.6 cm³/mol. The van der Waals surface area contributed by atoms with Gasteiger partial charge in [-0.05, 0) is 25.0 Å². The number of ether oxygens (including phenoxy) is 1. The molecule has 0 radical (unpaired) electrons. The maximum absolute atomic E-state index is 13.6. The van der Waals surface area contributed by atoms with Gasteiger partial charge in [0.1, 0.15) is 11.6 Å². The van der Waals surface area contributed by atoms with Gasteiger partial charge in [0, 0.05) is 25.2 Å². The number of nitrogens with zero attached hydrogens (tertiary/aromatic N) is 1. The second kappa shape index (κ2) is 5.09. The smallest absolute Gasteiger partial charge is 0.198 e. The summed E-state index contributed by atoms with van der Waals surface area (Å²) in [4.78, 5) is 4.20. The molecule has 0 spiro atoms. The molecule has 100 valence electrons. The molecule has 1 saturated heterocycles. The van der Waals surface area contributed by atoms with E-state index in [4.69, 9.17) is 9.15 Å². The lowest BCUT2D eigenvalue weighted by molar-refractivity contribution is 0.0796. The molecule has 1 aromatic carbocycles. The molecular weight excluding hydrogens is 252 g/mol. The van der Waals surface area contributed by atoms with Crippen molar-refractivity contribution < 1.29 is 17.9 Å². The van der Waals surface area contributed by atoms with Gasteiger partial charge in [-0.3, -0.25) is 0 Å². The third-order valence-electron chi connectivity index (χ3n) is 3.29. The zero-order chi connectivity index (χ0) is 13.2. The lowest BCUT2D eigenvalue weighted by Crippen LogP contribution is -2.14. The number of hydrogen-bond acceptors (Lipinski definition) is 3. The summed E-state index contributed by atoms with van der Waals surface area (Å²) in [5.74, 6) is -0.105. The quantitative estimate of drug-likeness (QED) is 0.833. The van der Waals surface area contributed by atoms with Gasteiger partial charge in [-0.1, -0.05) is 0 Å². The number of rotatable bonds is 2. The molecule has 1 fully saturated rings. The van der Waals surface area contributed by atoms with Gasteiger partial charge in [0.05, 0.1) is 11.8 Å². The molecule has 0 unspecified atom stereocenters. The minimum absolute atomic E-state index is 0.214. The van der Waals surface area contributed by atoms with Crippen LogP contribution in [0.3, 0.4) is 0 Å². The average Bonchev–Trinajstić information content (AvgIpc) is 2.89. The van der Waals surface area contributed by atoms with Crippen LogP contribution in [0, 0.1) is 11.6 Å².